The summed E-state index contributed by atoms with van der Waals surface area (Å²) in [4.78, 5) is 19.0. The number of halogens is 3. The van der Waals surface area contributed by atoms with Crippen molar-refractivity contribution < 1.29 is 9.18 Å². The van der Waals surface area contributed by atoms with Crippen molar-refractivity contribution in [3.63, 3.8) is 0 Å². The number of allylic oxidation sites excluding steroid dienone is 4. The van der Waals surface area contributed by atoms with Crippen LogP contribution in [0.25, 0.3) is 0 Å². The Morgan fingerprint density at radius 1 is 1.24 bits per heavy atom. The molecule has 6 nitrogen and oxygen atoms in total. The molecule has 9 heteroatoms. The predicted octanol–water partition coefficient (Wildman–Crippen LogP) is 5.40. The molecule has 0 bridgehead atoms. The van der Waals surface area contributed by atoms with E-state index in [9.17, 15) is 15.3 Å². The van der Waals surface area contributed by atoms with E-state index in [1.165, 1.54) is 0 Å². The number of benzene rings is 2. The van der Waals surface area contributed by atoms with Gasteiger partial charge in [-0.25, -0.2) is 4.39 Å². The van der Waals surface area contributed by atoms with E-state index >= 15 is 4.39 Å². The van der Waals surface area contributed by atoms with Crippen LogP contribution in [0.1, 0.15) is 46.8 Å². The van der Waals surface area contributed by atoms with Crippen LogP contribution in [0.15, 0.2) is 57.9 Å². The van der Waals surface area contributed by atoms with Crippen molar-refractivity contribution >= 4 is 45.9 Å². The van der Waals surface area contributed by atoms with Crippen LogP contribution >= 0.6 is 34.2 Å². The highest BCUT2D eigenvalue weighted by atomic mass is 127. The van der Waals surface area contributed by atoms with E-state index in [1.54, 1.807) is 56.1 Å². The fraction of sp³-hybridized carbons (Fsp3) is 0.200. The van der Waals surface area contributed by atoms with Crippen molar-refractivity contribution in [2.75, 3.05) is 7.05 Å². The molecule has 1 amide bonds. The highest BCUT2D eigenvalue weighted by Gasteiger charge is 2.36. The molecule has 2 aromatic rings. The van der Waals surface area contributed by atoms with E-state index in [-0.39, 0.29) is 12.1 Å². The number of carbonyl (C=O) groups is 1. The molecule has 0 saturated heterocycles. The Labute approximate surface area is 215 Å². The number of carbonyl (C=O) groups excluding carboxylic acids is 1. The van der Waals surface area contributed by atoms with Crippen LogP contribution in [-0.2, 0) is 6.54 Å². The molecule has 0 unspecified atom stereocenters. The Hall–Kier alpha value is -3.21. The quantitative estimate of drug-likeness (QED) is 0.478. The molecular weight excluding hydrogens is 568 g/mol. The lowest BCUT2D eigenvalue weighted by Gasteiger charge is -2.33. The van der Waals surface area contributed by atoms with Gasteiger partial charge >= 0.3 is 0 Å². The SMILES string of the molecule is CC1=C(C#N)C(c2cc3c(c(I)c2F)CN=C3NC(=O)c2ccccc2Cl)C(C#N)=C(C)N1C. The Kier molecular flexibility index (Phi) is 6.48. The van der Waals surface area contributed by atoms with Gasteiger partial charge in [0, 0.05) is 35.1 Å². The fourth-order valence-corrected chi connectivity index (χ4v) is 5.20. The van der Waals surface area contributed by atoms with Crippen molar-refractivity contribution in [3.8, 4) is 12.1 Å². The zero-order valence-electron chi connectivity index (χ0n) is 18.5. The molecule has 1 N–H and O–H groups in total. The molecule has 0 aromatic heterocycles. The van der Waals surface area contributed by atoms with Crippen LogP contribution in [0.3, 0.4) is 0 Å². The number of fused-ring (bicyclic) bond motifs is 1. The van der Waals surface area contributed by atoms with Gasteiger partial charge in [-0.2, -0.15) is 10.5 Å². The molecule has 0 spiro atoms. The van der Waals surface area contributed by atoms with Gasteiger partial charge in [-0.15, -0.1) is 0 Å². The van der Waals surface area contributed by atoms with Crippen molar-refractivity contribution in [2.24, 2.45) is 4.99 Å². The first kappa shape index (κ1) is 23.9. The van der Waals surface area contributed by atoms with Crippen LogP contribution < -0.4 is 5.32 Å². The minimum Gasteiger partial charge on any atom is -0.350 e. The van der Waals surface area contributed by atoms with E-state index < -0.39 is 17.6 Å². The third-order valence-corrected chi connectivity index (χ3v) is 7.71. The van der Waals surface area contributed by atoms with Crippen molar-refractivity contribution in [1.29, 1.82) is 10.5 Å². The van der Waals surface area contributed by atoms with Gasteiger partial charge in [0.1, 0.15) is 11.7 Å². The topological polar surface area (TPSA) is 92.3 Å². The number of amidine groups is 1. The van der Waals surface area contributed by atoms with E-state index in [0.29, 0.717) is 53.7 Å². The Balaban J connectivity index is 1.83. The van der Waals surface area contributed by atoms with Gasteiger partial charge in [0.15, 0.2) is 0 Å². The van der Waals surface area contributed by atoms with Crippen molar-refractivity contribution in [1.82, 2.24) is 10.2 Å². The summed E-state index contributed by atoms with van der Waals surface area (Å²) in [5.74, 6) is -1.49. The standard InChI is InChI=1S/C25H18ClFIN5O/c1-12-17(9-29)21(18(10-30)13(2)33(12)3)16-8-15-19(23(28)22(16)27)11-31-24(15)32-25(34)14-6-4-5-7-20(14)26/h4-8,21H,11H2,1-3H3,(H,31,32,34). The van der Waals surface area contributed by atoms with Crippen LogP contribution in [0.5, 0.6) is 0 Å². The maximum Gasteiger partial charge on any atom is 0.258 e. The summed E-state index contributed by atoms with van der Waals surface area (Å²) in [6.45, 7) is 3.75. The summed E-state index contributed by atoms with van der Waals surface area (Å²) >= 11 is 8.07. The molecule has 0 fully saturated rings. The molecule has 0 saturated carbocycles. The van der Waals surface area contributed by atoms with E-state index in [4.69, 9.17) is 11.6 Å². The molecule has 2 aromatic carbocycles. The second kappa shape index (κ2) is 9.21. The van der Waals surface area contributed by atoms with Crippen LogP contribution in [0, 0.1) is 32.0 Å². The number of aliphatic imine (C=N–C) groups is 1. The number of nitriles is 2. The smallest absolute Gasteiger partial charge is 0.258 e. The molecule has 34 heavy (non-hydrogen) atoms. The summed E-state index contributed by atoms with van der Waals surface area (Å²) in [6, 6.07) is 12.6. The van der Waals surface area contributed by atoms with Crippen molar-refractivity contribution in [3.05, 3.63) is 89.5 Å². The monoisotopic (exact) mass is 585 g/mol. The molecule has 0 aliphatic carbocycles. The highest BCUT2D eigenvalue weighted by Crippen LogP contribution is 2.43. The van der Waals surface area contributed by atoms with Gasteiger partial charge in [0.25, 0.3) is 5.91 Å². The normalized spacial score (nSPS) is 15.6. The third-order valence-electron chi connectivity index (χ3n) is 6.25. The number of hydrogen-bond acceptors (Lipinski definition) is 5. The second-order valence-electron chi connectivity index (χ2n) is 7.93. The summed E-state index contributed by atoms with van der Waals surface area (Å²) in [5, 5.41) is 22.9. The summed E-state index contributed by atoms with van der Waals surface area (Å²) in [7, 11) is 1.77. The number of rotatable bonds is 2. The molecule has 2 aliphatic rings. The van der Waals surface area contributed by atoms with Gasteiger partial charge in [-0.05, 0) is 54.6 Å². The average molecular weight is 586 g/mol. The van der Waals surface area contributed by atoms with Crippen LogP contribution in [0.4, 0.5) is 4.39 Å². The van der Waals surface area contributed by atoms with Crippen LogP contribution in [0.2, 0.25) is 5.02 Å². The lowest BCUT2D eigenvalue weighted by Crippen LogP contribution is -2.31. The maximum absolute atomic E-state index is 15.7. The number of hydrogen-bond donors (Lipinski definition) is 1. The fourth-order valence-electron chi connectivity index (χ4n) is 4.21. The lowest BCUT2D eigenvalue weighted by molar-refractivity contribution is 0.0977. The van der Waals surface area contributed by atoms with Gasteiger partial charge in [0.05, 0.1) is 49.9 Å². The molecule has 2 heterocycles. The van der Waals surface area contributed by atoms with Gasteiger partial charge in [0.2, 0.25) is 0 Å². The summed E-state index contributed by atoms with van der Waals surface area (Å²) in [6.07, 6.45) is 0. The molecule has 2 aliphatic heterocycles. The van der Waals surface area contributed by atoms with Gasteiger partial charge in [-0.1, -0.05) is 23.7 Å². The van der Waals surface area contributed by atoms with E-state index in [2.05, 4.69) is 22.4 Å². The zero-order chi connectivity index (χ0) is 24.7. The zero-order valence-corrected chi connectivity index (χ0v) is 21.4. The van der Waals surface area contributed by atoms with Gasteiger partial charge in [-0.3, -0.25) is 9.79 Å². The summed E-state index contributed by atoms with van der Waals surface area (Å²) in [5.41, 5.74) is 3.60. The van der Waals surface area contributed by atoms with Crippen molar-refractivity contribution in [2.45, 2.75) is 26.3 Å². The molecule has 4 rings (SSSR count). The number of nitrogens with zero attached hydrogens (tertiary/aromatic N) is 4. The van der Waals surface area contributed by atoms with Crippen LogP contribution in [-0.4, -0.2) is 23.7 Å². The molecule has 170 valence electrons. The summed E-state index contributed by atoms with van der Waals surface area (Å²) < 4.78 is 16.0. The highest BCUT2D eigenvalue weighted by molar-refractivity contribution is 14.1. The minimum absolute atomic E-state index is 0.199. The van der Waals surface area contributed by atoms with E-state index in [1.807, 2.05) is 22.6 Å². The van der Waals surface area contributed by atoms with E-state index in [0.717, 1.165) is 0 Å². The first-order valence-electron chi connectivity index (χ1n) is 10.3. The Morgan fingerprint density at radius 3 is 2.44 bits per heavy atom. The number of amides is 1. The lowest BCUT2D eigenvalue weighted by atomic mass is 9.80. The first-order valence-corrected chi connectivity index (χ1v) is 11.7. The molecule has 0 atom stereocenters. The third kappa shape index (κ3) is 3.77. The Bertz CT molecular complexity index is 1390. The maximum atomic E-state index is 15.7. The largest absolute Gasteiger partial charge is 0.350 e. The van der Waals surface area contributed by atoms with Gasteiger partial charge < -0.3 is 10.2 Å². The second-order valence-corrected chi connectivity index (χ2v) is 9.42. The number of nitrogens with one attached hydrogen (secondary N) is 1. The Morgan fingerprint density at radius 2 is 1.85 bits per heavy atom. The average Bonchev–Trinajstić information content (AvgIpc) is 3.22. The molecular formula is C25H18ClFIN5O. The minimum atomic E-state index is -0.855. The molecule has 0 radical (unpaired) electrons. The first-order chi connectivity index (χ1) is 16.2. The predicted molar refractivity (Wildman–Crippen MR) is 135 cm³/mol.